The first-order valence-electron chi connectivity index (χ1n) is 13.3. The number of carbonyl (C=O) groups is 3. The largest absolute Gasteiger partial charge is 0.497 e. The molecule has 210 valence electrons. The van der Waals surface area contributed by atoms with Gasteiger partial charge in [-0.2, -0.15) is 5.01 Å². The van der Waals surface area contributed by atoms with Crippen molar-refractivity contribution in [2.45, 2.75) is 70.7 Å². The van der Waals surface area contributed by atoms with Crippen LogP contribution in [0.25, 0.3) is 0 Å². The number of rotatable bonds is 11. The summed E-state index contributed by atoms with van der Waals surface area (Å²) in [4.78, 5) is 41.8. The van der Waals surface area contributed by atoms with Crippen LogP contribution in [0.2, 0.25) is 0 Å². The molecule has 10 nitrogen and oxygen atoms in total. The van der Waals surface area contributed by atoms with E-state index in [4.69, 9.17) is 9.47 Å². The summed E-state index contributed by atoms with van der Waals surface area (Å²) in [6.07, 6.45) is 3.75. The van der Waals surface area contributed by atoms with Crippen LogP contribution in [0.4, 0.5) is 4.79 Å². The summed E-state index contributed by atoms with van der Waals surface area (Å²) >= 11 is 1.37. The van der Waals surface area contributed by atoms with Crippen LogP contribution >= 0.6 is 11.8 Å². The van der Waals surface area contributed by atoms with Gasteiger partial charge >= 0.3 is 6.03 Å². The summed E-state index contributed by atoms with van der Waals surface area (Å²) in [6, 6.07) is 6.26. The van der Waals surface area contributed by atoms with Crippen molar-refractivity contribution in [2.24, 2.45) is 11.0 Å². The molecule has 0 radical (unpaired) electrons. The van der Waals surface area contributed by atoms with Crippen molar-refractivity contribution in [3.8, 4) is 5.75 Å². The fourth-order valence-corrected chi connectivity index (χ4v) is 5.26. The van der Waals surface area contributed by atoms with Gasteiger partial charge in [0.25, 0.3) is 17.4 Å². The van der Waals surface area contributed by atoms with Crippen molar-refractivity contribution < 1.29 is 23.9 Å². The quantitative estimate of drug-likeness (QED) is 0.402. The lowest BCUT2D eigenvalue weighted by Gasteiger charge is -2.39. The molecule has 3 rings (SSSR count). The van der Waals surface area contributed by atoms with E-state index in [0.717, 1.165) is 30.8 Å². The molecule has 1 heterocycles. The number of hydrazone groups is 1. The maximum atomic E-state index is 13.6. The Balaban J connectivity index is 1.76. The third kappa shape index (κ3) is 8.36. The SMILES string of the molecule is COc1ccc(C(=O)NC2(NC(=O)N3N=C(SCCN(C)C)OC3C(=O)CCC(C)C)CCCCC2)cc1. The van der Waals surface area contributed by atoms with Crippen LogP contribution < -0.4 is 15.4 Å². The summed E-state index contributed by atoms with van der Waals surface area (Å²) in [5, 5.41) is 11.9. The number of hydrogen-bond acceptors (Lipinski definition) is 8. The van der Waals surface area contributed by atoms with Crippen molar-refractivity contribution in [3.05, 3.63) is 29.8 Å². The zero-order valence-corrected chi connectivity index (χ0v) is 23.9. The molecule has 1 fully saturated rings. The standard InChI is InChI=1S/C27H41N5O5S/c1-19(2)9-14-22(33)24-32(30-26(37-24)38-18-17-31(3)4)25(35)29-27(15-7-6-8-16-27)28-23(34)20-10-12-21(36-5)13-11-20/h10-13,19,24H,6-9,14-18H2,1-5H3,(H,28,34)(H,29,35). The van der Waals surface area contributed by atoms with Gasteiger partial charge in [-0.05, 0) is 76.4 Å². The van der Waals surface area contributed by atoms with Crippen LogP contribution in [-0.4, -0.2) is 78.3 Å². The second-order valence-corrected chi connectivity index (χ2v) is 11.5. The average Bonchev–Trinajstić information content (AvgIpc) is 3.32. The Morgan fingerprint density at radius 2 is 1.84 bits per heavy atom. The average molecular weight is 548 g/mol. The molecular formula is C27H41N5O5S. The highest BCUT2D eigenvalue weighted by Crippen LogP contribution is 2.29. The Morgan fingerprint density at radius 1 is 1.16 bits per heavy atom. The van der Waals surface area contributed by atoms with E-state index in [1.54, 1.807) is 31.4 Å². The third-order valence-corrected chi connectivity index (χ3v) is 7.41. The smallest absolute Gasteiger partial charge is 0.343 e. The molecule has 1 aliphatic carbocycles. The van der Waals surface area contributed by atoms with E-state index in [9.17, 15) is 14.4 Å². The van der Waals surface area contributed by atoms with Crippen molar-refractivity contribution in [1.82, 2.24) is 20.5 Å². The first-order chi connectivity index (χ1) is 18.1. The highest BCUT2D eigenvalue weighted by Gasteiger charge is 2.42. The van der Waals surface area contributed by atoms with Crippen LogP contribution in [0.15, 0.2) is 29.4 Å². The van der Waals surface area contributed by atoms with Gasteiger partial charge in [-0.1, -0.05) is 32.0 Å². The Bertz CT molecular complexity index is 992. The Kier molecular flexibility index (Phi) is 10.8. The van der Waals surface area contributed by atoms with Gasteiger partial charge in [-0.15, -0.1) is 5.10 Å². The fourth-order valence-electron chi connectivity index (χ4n) is 4.33. The summed E-state index contributed by atoms with van der Waals surface area (Å²) in [6.45, 7) is 4.89. The number of thioether (sulfide) groups is 1. The molecule has 1 saturated carbocycles. The molecule has 1 atom stereocenters. The van der Waals surface area contributed by atoms with E-state index < -0.39 is 17.9 Å². The molecule has 1 unspecified atom stereocenters. The van der Waals surface area contributed by atoms with Gasteiger partial charge in [0, 0.05) is 24.3 Å². The minimum Gasteiger partial charge on any atom is -0.497 e. The Hall–Kier alpha value is -2.79. The number of hydrogen-bond donors (Lipinski definition) is 2. The van der Waals surface area contributed by atoms with E-state index in [1.807, 2.05) is 32.8 Å². The number of amides is 3. The lowest BCUT2D eigenvalue weighted by Crippen LogP contribution is -2.64. The first-order valence-corrected chi connectivity index (χ1v) is 14.2. The lowest BCUT2D eigenvalue weighted by atomic mass is 9.88. The molecule has 38 heavy (non-hydrogen) atoms. The van der Waals surface area contributed by atoms with Crippen LogP contribution in [0.3, 0.4) is 0 Å². The van der Waals surface area contributed by atoms with E-state index in [-0.39, 0.29) is 18.1 Å². The number of benzene rings is 1. The minimum atomic E-state index is -1.12. The monoisotopic (exact) mass is 547 g/mol. The zero-order chi connectivity index (χ0) is 27.7. The molecule has 1 aromatic rings. The van der Waals surface area contributed by atoms with Gasteiger partial charge in [-0.3, -0.25) is 9.59 Å². The molecule has 1 aliphatic heterocycles. The summed E-state index contributed by atoms with van der Waals surface area (Å²) in [5.74, 6) is 1.22. The number of nitrogens with zero attached hydrogens (tertiary/aromatic N) is 3. The molecular weight excluding hydrogens is 506 g/mol. The number of Topliss-reactive ketones (excluding diaryl/α,β-unsaturated/α-hetero) is 1. The van der Waals surface area contributed by atoms with Gasteiger partial charge in [0.15, 0.2) is 5.78 Å². The van der Waals surface area contributed by atoms with Gasteiger partial charge in [0.1, 0.15) is 11.4 Å². The molecule has 2 N–H and O–H groups in total. The number of carbonyl (C=O) groups excluding carboxylic acids is 3. The molecule has 2 aliphatic rings. The van der Waals surface area contributed by atoms with Gasteiger partial charge in [0.05, 0.1) is 7.11 Å². The summed E-state index contributed by atoms with van der Waals surface area (Å²) in [5.41, 5.74) is -0.484. The van der Waals surface area contributed by atoms with Crippen molar-refractivity contribution >= 4 is 34.7 Å². The summed E-state index contributed by atoms with van der Waals surface area (Å²) in [7, 11) is 5.51. The van der Waals surface area contributed by atoms with Gasteiger partial charge in [-0.25, -0.2) is 4.79 Å². The number of methoxy groups -OCH3 is 1. The Labute approximate surface area is 229 Å². The van der Waals surface area contributed by atoms with E-state index in [0.29, 0.717) is 47.5 Å². The molecule has 3 amide bonds. The van der Waals surface area contributed by atoms with Crippen molar-refractivity contribution in [2.75, 3.05) is 33.5 Å². The summed E-state index contributed by atoms with van der Waals surface area (Å²) < 4.78 is 11.1. The van der Waals surface area contributed by atoms with Crippen LogP contribution in [0.5, 0.6) is 5.75 Å². The van der Waals surface area contributed by atoms with Crippen LogP contribution in [0, 0.1) is 5.92 Å². The number of urea groups is 1. The lowest BCUT2D eigenvalue weighted by molar-refractivity contribution is -0.131. The highest BCUT2D eigenvalue weighted by atomic mass is 32.2. The third-order valence-electron chi connectivity index (χ3n) is 6.60. The molecule has 0 spiro atoms. The topological polar surface area (TPSA) is 113 Å². The normalized spacial score (nSPS) is 18.7. The minimum absolute atomic E-state index is 0.194. The Morgan fingerprint density at radius 3 is 2.45 bits per heavy atom. The van der Waals surface area contributed by atoms with Crippen LogP contribution in [0.1, 0.15) is 69.2 Å². The second kappa shape index (κ2) is 13.8. The van der Waals surface area contributed by atoms with Gasteiger partial charge in [0.2, 0.25) is 0 Å². The zero-order valence-electron chi connectivity index (χ0n) is 23.1. The van der Waals surface area contributed by atoms with Gasteiger partial charge < -0.3 is 25.0 Å². The molecule has 0 bridgehead atoms. The van der Waals surface area contributed by atoms with Crippen LogP contribution in [-0.2, 0) is 9.53 Å². The van der Waals surface area contributed by atoms with E-state index >= 15 is 0 Å². The van der Waals surface area contributed by atoms with Crippen molar-refractivity contribution in [3.63, 3.8) is 0 Å². The van der Waals surface area contributed by atoms with E-state index in [1.165, 1.54) is 11.8 Å². The maximum Gasteiger partial charge on any atom is 0.343 e. The first kappa shape index (κ1) is 29.8. The molecule has 11 heteroatoms. The number of ketones is 1. The predicted octanol–water partition coefficient (Wildman–Crippen LogP) is 4.02. The van der Waals surface area contributed by atoms with Crippen molar-refractivity contribution in [1.29, 1.82) is 0 Å². The molecule has 0 aromatic heterocycles. The fraction of sp³-hybridized carbons (Fsp3) is 0.630. The maximum absolute atomic E-state index is 13.6. The second-order valence-electron chi connectivity index (χ2n) is 10.5. The molecule has 0 saturated heterocycles. The predicted molar refractivity (Wildman–Crippen MR) is 149 cm³/mol. The van der Waals surface area contributed by atoms with E-state index in [2.05, 4.69) is 15.7 Å². The molecule has 1 aromatic carbocycles. The highest BCUT2D eigenvalue weighted by molar-refractivity contribution is 8.13. The number of ether oxygens (including phenoxy) is 2. The number of nitrogens with one attached hydrogen (secondary N) is 2.